The molecule has 1 amide bonds. The third-order valence-electron chi connectivity index (χ3n) is 2.97. The molecule has 0 atom stereocenters. The summed E-state index contributed by atoms with van der Waals surface area (Å²) < 4.78 is 0. The Balaban J connectivity index is 2.60. The molecule has 0 fully saturated rings. The summed E-state index contributed by atoms with van der Waals surface area (Å²) in [5.74, 6) is -0.107. The van der Waals surface area contributed by atoms with E-state index in [1.165, 1.54) is 0 Å². The van der Waals surface area contributed by atoms with E-state index < -0.39 is 0 Å². The van der Waals surface area contributed by atoms with E-state index in [1.54, 1.807) is 37.1 Å². The Morgan fingerprint density at radius 3 is 2.67 bits per heavy atom. The maximum absolute atomic E-state index is 12.1. The van der Waals surface area contributed by atoms with Crippen molar-refractivity contribution in [1.82, 2.24) is 4.90 Å². The lowest BCUT2D eigenvalue weighted by Gasteiger charge is -2.18. The highest BCUT2D eigenvalue weighted by Crippen LogP contribution is 2.22. The number of amides is 1. The van der Waals surface area contributed by atoms with Crippen molar-refractivity contribution in [3.63, 3.8) is 0 Å². The predicted molar refractivity (Wildman–Crippen MR) is 70.7 cm³/mol. The van der Waals surface area contributed by atoms with E-state index in [-0.39, 0.29) is 18.3 Å². The predicted octanol–water partition coefficient (Wildman–Crippen LogP) is 1.94. The van der Waals surface area contributed by atoms with Gasteiger partial charge in [-0.15, -0.1) is 0 Å². The quantitative estimate of drug-likeness (QED) is 0.759. The second-order valence-corrected chi connectivity index (χ2v) is 4.48. The van der Waals surface area contributed by atoms with Crippen molar-refractivity contribution in [3.8, 4) is 5.75 Å². The summed E-state index contributed by atoms with van der Waals surface area (Å²) in [5, 5.41) is 18.5. The zero-order chi connectivity index (χ0) is 13.5. The van der Waals surface area contributed by atoms with Crippen molar-refractivity contribution >= 4 is 5.91 Å². The summed E-state index contributed by atoms with van der Waals surface area (Å²) in [6.45, 7) is 2.59. The number of hydrogen-bond donors (Lipinski definition) is 2. The average molecular weight is 251 g/mol. The van der Waals surface area contributed by atoms with Gasteiger partial charge in [-0.1, -0.05) is 12.1 Å². The number of rotatable bonds is 6. The van der Waals surface area contributed by atoms with Crippen molar-refractivity contribution in [1.29, 1.82) is 0 Å². The van der Waals surface area contributed by atoms with E-state index in [2.05, 4.69) is 0 Å². The summed E-state index contributed by atoms with van der Waals surface area (Å²) in [7, 11) is 1.73. The average Bonchev–Trinajstić information content (AvgIpc) is 2.37. The second-order valence-electron chi connectivity index (χ2n) is 4.48. The molecule has 0 aliphatic rings. The lowest BCUT2D eigenvalue weighted by Crippen LogP contribution is -2.27. The van der Waals surface area contributed by atoms with Crippen LogP contribution >= 0.6 is 0 Å². The van der Waals surface area contributed by atoms with Gasteiger partial charge in [0.25, 0.3) is 5.91 Å². The van der Waals surface area contributed by atoms with Gasteiger partial charge >= 0.3 is 0 Å². The van der Waals surface area contributed by atoms with Crippen LogP contribution in [0.5, 0.6) is 5.75 Å². The van der Waals surface area contributed by atoms with Crippen LogP contribution in [0.15, 0.2) is 18.2 Å². The number of unbranched alkanes of at least 4 members (excludes halogenated alkanes) is 2. The third-order valence-corrected chi connectivity index (χ3v) is 2.97. The second kappa shape index (κ2) is 7.01. The van der Waals surface area contributed by atoms with Gasteiger partial charge in [-0.05, 0) is 37.8 Å². The fourth-order valence-electron chi connectivity index (χ4n) is 1.78. The van der Waals surface area contributed by atoms with E-state index in [1.807, 2.05) is 0 Å². The number of benzene rings is 1. The van der Waals surface area contributed by atoms with Crippen LogP contribution < -0.4 is 0 Å². The van der Waals surface area contributed by atoms with E-state index in [0.29, 0.717) is 17.7 Å². The van der Waals surface area contributed by atoms with Crippen LogP contribution in [-0.4, -0.2) is 41.2 Å². The molecule has 1 aromatic rings. The molecule has 0 saturated carbocycles. The highest BCUT2D eigenvalue weighted by atomic mass is 16.3. The molecule has 4 nitrogen and oxygen atoms in total. The molecule has 1 aromatic carbocycles. The van der Waals surface area contributed by atoms with E-state index >= 15 is 0 Å². The molecule has 0 aliphatic carbocycles. The normalized spacial score (nSPS) is 10.4. The maximum Gasteiger partial charge on any atom is 0.257 e. The summed E-state index contributed by atoms with van der Waals surface area (Å²) in [4.78, 5) is 13.7. The number of aryl methyl sites for hydroxylation is 1. The van der Waals surface area contributed by atoms with Crippen LogP contribution in [-0.2, 0) is 0 Å². The molecule has 0 heterocycles. The number of aliphatic hydroxyl groups is 1. The minimum Gasteiger partial charge on any atom is -0.507 e. The number of para-hydroxylation sites is 1. The molecule has 4 heteroatoms. The molecule has 100 valence electrons. The van der Waals surface area contributed by atoms with Gasteiger partial charge in [0.1, 0.15) is 5.75 Å². The van der Waals surface area contributed by atoms with Crippen LogP contribution in [0.4, 0.5) is 0 Å². The molecule has 0 aromatic heterocycles. The Hall–Kier alpha value is -1.55. The molecule has 0 unspecified atom stereocenters. The molecular formula is C14H21NO3. The molecule has 18 heavy (non-hydrogen) atoms. The van der Waals surface area contributed by atoms with E-state index in [4.69, 9.17) is 5.11 Å². The SMILES string of the molecule is Cc1cccc(C(=O)N(C)CCCCCO)c1O. The van der Waals surface area contributed by atoms with Crippen LogP contribution in [0.3, 0.4) is 0 Å². The van der Waals surface area contributed by atoms with Gasteiger partial charge in [0.15, 0.2) is 0 Å². The minimum atomic E-state index is -0.166. The molecule has 0 saturated heterocycles. The molecular weight excluding hydrogens is 230 g/mol. The van der Waals surface area contributed by atoms with Gasteiger partial charge in [0, 0.05) is 20.2 Å². The Labute approximate surface area is 108 Å². The van der Waals surface area contributed by atoms with Crippen molar-refractivity contribution in [2.24, 2.45) is 0 Å². The molecule has 1 rings (SSSR count). The van der Waals surface area contributed by atoms with Crippen molar-refractivity contribution in [3.05, 3.63) is 29.3 Å². The van der Waals surface area contributed by atoms with Gasteiger partial charge in [-0.2, -0.15) is 0 Å². The smallest absolute Gasteiger partial charge is 0.257 e. The van der Waals surface area contributed by atoms with Gasteiger partial charge < -0.3 is 15.1 Å². The number of nitrogens with zero attached hydrogens (tertiary/aromatic N) is 1. The Morgan fingerprint density at radius 2 is 2.00 bits per heavy atom. The first-order valence-corrected chi connectivity index (χ1v) is 6.23. The van der Waals surface area contributed by atoms with Gasteiger partial charge in [0.05, 0.1) is 5.56 Å². The van der Waals surface area contributed by atoms with E-state index in [9.17, 15) is 9.90 Å². The third kappa shape index (κ3) is 3.74. The maximum atomic E-state index is 12.1. The standard InChI is InChI=1S/C14H21NO3/c1-11-7-6-8-12(13(11)17)14(18)15(2)9-4-3-5-10-16/h6-8,16-17H,3-5,9-10H2,1-2H3. The first-order chi connectivity index (χ1) is 8.57. The van der Waals surface area contributed by atoms with Crippen molar-refractivity contribution < 1.29 is 15.0 Å². The molecule has 2 N–H and O–H groups in total. The van der Waals surface area contributed by atoms with Gasteiger partial charge in [-0.3, -0.25) is 4.79 Å². The molecule has 0 bridgehead atoms. The summed E-state index contributed by atoms with van der Waals surface area (Å²) in [6.07, 6.45) is 2.51. The first kappa shape index (κ1) is 14.5. The molecule has 0 spiro atoms. The lowest BCUT2D eigenvalue weighted by molar-refractivity contribution is 0.0789. The molecule has 0 aliphatic heterocycles. The highest BCUT2D eigenvalue weighted by molar-refractivity contribution is 5.97. The van der Waals surface area contributed by atoms with Crippen LogP contribution in [0.2, 0.25) is 0 Å². The van der Waals surface area contributed by atoms with Crippen molar-refractivity contribution in [2.75, 3.05) is 20.2 Å². The number of carbonyl (C=O) groups excluding carboxylic acids is 1. The highest BCUT2D eigenvalue weighted by Gasteiger charge is 2.16. The minimum absolute atomic E-state index is 0.0599. The number of phenolic OH excluding ortho intramolecular Hbond substituents is 1. The zero-order valence-electron chi connectivity index (χ0n) is 11.0. The molecule has 0 radical (unpaired) electrons. The van der Waals surface area contributed by atoms with Gasteiger partial charge in [-0.25, -0.2) is 0 Å². The number of aliphatic hydroxyl groups excluding tert-OH is 1. The fourth-order valence-corrected chi connectivity index (χ4v) is 1.78. The van der Waals surface area contributed by atoms with Gasteiger partial charge in [0.2, 0.25) is 0 Å². The van der Waals surface area contributed by atoms with Crippen LogP contribution in [0, 0.1) is 6.92 Å². The summed E-state index contributed by atoms with van der Waals surface area (Å²) in [6, 6.07) is 5.17. The number of hydrogen-bond acceptors (Lipinski definition) is 3. The Morgan fingerprint density at radius 1 is 1.28 bits per heavy atom. The number of phenols is 1. The summed E-state index contributed by atoms with van der Waals surface area (Å²) in [5.41, 5.74) is 1.05. The number of carbonyl (C=O) groups is 1. The Kier molecular flexibility index (Phi) is 5.65. The summed E-state index contributed by atoms with van der Waals surface area (Å²) >= 11 is 0. The fraction of sp³-hybridized carbons (Fsp3) is 0.500. The lowest BCUT2D eigenvalue weighted by atomic mass is 10.1. The van der Waals surface area contributed by atoms with Crippen molar-refractivity contribution in [2.45, 2.75) is 26.2 Å². The Bertz CT molecular complexity index is 404. The van der Waals surface area contributed by atoms with Crippen LogP contribution in [0.25, 0.3) is 0 Å². The van der Waals surface area contributed by atoms with E-state index in [0.717, 1.165) is 19.3 Å². The zero-order valence-corrected chi connectivity index (χ0v) is 11.0. The largest absolute Gasteiger partial charge is 0.507 e. The van der Waals surface area contributed by atoms with Crippen LogP contribution in [0.1, 0.15) is 35.2 Å². The number of aromatic hydroxyl groups is 1. The first-order valence-electron chi connectivity index (χ1n) is 6.23. The topological polar surface area (TPSA) is 60.8 Å². The monoisotopic (exact) mass is 251 g/mol.